The number of carbonyl (C=O) groups excluding carboxylic acids is 1. The second-order valence-corrected chi connectivity index (χ2v) is 7.38. The molecule has 1 aromatic carbocycles. The number of nitrogens with one attached hydrogen (secondary N) is 1. The molecule has 0 saturated carbocycles. The number of rotatable bonds is 1. The van der Waals surface area contributed by atoms with Crippen LogP contribution in [0.1, 0.15) is 23.2 Å². The predicted molar refractivity (Wildman–Crippen MR) is 87.3 cm³/mol. The summed E-state index contributed by atoms with van der Waals surface area (Å²) in [4.78, 5) is 14.6. The number of hydrogen-bond acceptors (Lipinski definition) is 2. The average molecular weight is 435 g/mol. The van der Waals surface area contributed by atoms with Gasteiger partial charge in [0.1, 0.15) is 0 Å². The van der Waals surface area contributed by atoms with E-state index in [4.69, 9.17) is 0 Å². The number of benzene rings is 1. The van der Waals surface area contributed by atoms with Gasteiger partial charge in [-0.1, -0.05) is 15.9 Å². The van der Waals surface area contributed by atoms with E-state index in [0.29, 0.717) is 12.0 Å². The topological polar surface area (TPSA) is 32.3 Å². The molecule has 0 bridgehead atoms. The van der Waals surface area contributed by atoms with Crippen molar-refractivity contribution in [2.24, 2.45) is 5.92 Å². The van der Waals surface area contributed by atoms with Crippen molar-refractivity contribution in [2.45, 2.75) is 18.9 Å². The van der Waals surface area contributed by atoms with E-state index in [2.05, 4.69) is 43.8 Å². The third-order valence-electron chi connectivity index (χ3n) is 4.05. The van der Waals surface area contributed by atoms with Crippen LogP contribution in [0.5, 0.6) is 0 Å². The first-order valence-corrected chi connectivity index (χ1v) is 8.50. The summed E-state index contributed by atoms with van der Waals surface area (Å²) in [6.45, 7) is 2.85. The van der Waals surface area contributed by atoms with Crippen LogP contribution < -0.4 is 5.32 Å². The summed E-state index contributed by atoms with van der Waals surface area (Å²) in [7, 11) is 0. The van der Waals surface area contributed by atoms with Gasteiger partial charge in [0, 0.05) is 27.2 Å². The number of likely N-dealkylation sites (tertiary alicyclic amines) is 1. The van der Waals surface area contributed by atoms with Crippen molar-refractivity contribution in [3.8, 4) is 0 Å². The van der Waals surface area contributed by atoms with Gasteiger partial charge in [-0.15, -0.1) is 0 Å². The Morgan fingerprint density at radius 2 is 2.26 bits per heavy atom. The molecule has 19 heavy (non-hydrogen) atoms. The maximum absolute atomic E-state index is 12.6. The molecule has 5 heteroatoms. The summed E-state index contributed by atoms with van der Waals surface area (Å²) in [5, 5.41) is 3.54. The summed E-state index contributed by atoms with van der Waals surface area (Å²) in [6.07, 6.45) is 2.48. The molecule has 2 heterocycles. The molecule has 0 aromatic heterocycles. The molecule has 2 aliphatic rings. The predicted octanol–water partition coefficient (Wildman–Crippen LogP) is 2.88. The SMILES string of the molecule is O=C(c1cc(Br)ccc1I)N1CC2CCCNC2C1. The molecular weight excluding hydrogens is 419 g/mol. The van der Waals surface area contributed by atoms with Crippen LogP contribution in [0.15, 0.2) is 22.7 Å². The average Bonchev–Trinajstić information content (AvgIpc) is 2.84. The van der Waals surface area contributed by atoms with Crippen LogP contribution in [0.25, 0.3) is 0 Å². The van der Waals surface area contributed by atoms with E-state index < -0.39 is 0 Å². The minimum atomic E-state index is 0.168. The fourth-order valence-electron chi connectivity index (χ4n) is 3.04. The Morgan fingerprint density at radius 1 is 1.42 bits per heavy atom. The van der Waals surface area contributed by atoms with Crippen molar-refractivity contribution in [2.75, 3.05) is 19.6 Å². The largest absolute Gasteiger partial charge is 0.337 e. The van der Waals surface area contributed by atoms with Crippen LogP contribution >= 0.6 is 38.5 Å². The van der Waals surface area contributed by atoms with Gasteiger partial charge >= 0.3 is 0 Å². The molecule has 2 unspecified atom stereocenters. The van der Waals surface area contributed by atoms with Gasteiger partial charge in [-0.05, 0) is 66.1 Å². The van der Waals surface area contributed by atoms with Crippen molar-refractivity contribution in [3.63, 3.8) is 0 Å². The quantitative estimate of drug-likeness (QED) is 0.689. The highest BCUT2D eigenvalue weighted by atomic mass is 127. The standard InChI is InChI=1S/C14H16BrIN2O/c15-10-3-4-12(16)11(6-10)14(19)18-7-9-2-1-5-17-13(9)8-18/h3-4,6,9,13,17H,1-2,5,7-8H2. The molecule has 2 aliphatic heterocycles. The molecule has 3 rings (SSSR count). The van der Waals surface area contributed by atoms with Crippen molar-refractivity contribution in [3.05, 3.63) is 31.8 Å². The van der Waals surface area contributed by atoms with Gasteiger partial charge in [-0.2, -0.15) is 0 Å². The Morgan fingerprint density at radius 3 is 3.05 bits per heavy atom. The number of halogens is 2. The van der Waals surface area contributed by atoms with Gasteiger partial charge in [0.15, 0.2) is 0 Å². The van der Waals surface area contributed by atoms with Crippen LogP contribution in [0, 0.1) is 9.49 Å². The highest BCUT2D eigenvalue weighted by molar-refractivity contribution is 14.1. The Kier molecular flexibility index (Phi) is 4.14. The molecule has 2 saturated heterocycles. The van der Waals surface area contributed by atoms with E-state index >= 15 is 0 Å². The van der Waals surface area contributed by atoms with E-state index in [1.54, 1.807) is 0 Å². The third kappa shape index (κ3) is 2.83. The molecule has 0 spiro atoms. The normalized spacial score (nSPS) is 26.3. The van der Waals surface area contributed by atoms with Crippen molar-refractivity contribution < 1.29 is 4.79 Å². The van der Waals surface area contributed by atoms with E-state index in [9.17, 15) is 4.79 Å². The van der Waals surface area contributed by atoms with E-state index in [0.717, 1.165) is 33.2 Å². The van der Waals surface area contributed by atoms with E-state index in [1.165, 1.54) is 12.8 Å². The first-order valence-electron chi connectivity index (χ1n) is 6.63. The Balaban J connectivity index is 1.79. The monoisotopic (exact) mass is 434 g/mol. The molecule has 1 amide bonds. The molecule has 102 valence electrons. The van der Waals surface area contributed by atoms with E-state index in [1.807, 2.05) is 23.1 Å². The van der Waals surface area contributed by atoms with Crippen molar-refractivity contribution >= 4 is 44.4 Å². The lowest BCUT2D eigenvalue weighted by atomic mass is 9.94. The lowest BCUT2D eigenvalue weighted by Gasteiger charge is -2.24. The summed E-state index contributed by atoms with van der Waals surface area (Å²) in [6, 6.07) is 6.39. The zero-order valence-electron chi connectivity index (χ0n) is 10.5. The van der Waals surface area contributed by atoms with Gasteiger partial charge < -0.3 is 10.2 Å². The molecule has 1 N–H and O–H groups in total. The highest BCUT2D eigenvalue weighted by Gasteiger charge is 2.36. The third-order valence-corrected chi connectivity index (χ3v) is 5.48. The maximum Gasteiger partial charge on any atom is 0.255 e. The second-order valence-electron chi connectivity index (χ2n) is 5.30. The number of nitrogens with zero attached hydrogens (tertiary/aromatic N) is 1. The molecule has 2 atom stereocenters. The van der Waals surface area contributed by atoms with Crippen LogP contribution in [0.3, 0.4) is 0 Å². The van der Waals surface area contributed by atoms with Crippen LogP contribution in [-0.4, -0.2) is 36.5 Å². The number of amides is 1. The van der Waals surface area contributed by atoms with Gasteiger partial charge in [0.2, 0.25) is 0 Å². The summed E-state index contributed by atoms with van der Waals surface area (Å²) in [5.74, 6) is 0.810. The Labute approximate surface area is 135 Å². The fraction of sp³-hybridized carbons (Fsp3) is 0.500. The summed E-state index contributed by atoms with van der Waals surface area (Å²) in [5.41, 5.74) is 0.814. The smallest absolute Gasteiger partial charge is 0.255 e. The van der Waals surface area contributed by atoms with E-state index in [-0.39, 0.29) is 5.91 Å². The van der Waals surface area contributed by atoms with Crippen LogP contribution in [0.2, 0.25) is 0 Å². The lowest BCUT2D eigenvalue weighted by Crippen LogP contribution is -2.41. The number of carbonyl (C=O) groups is 1. The zero-order chi connectivity index (χ0) is 13.4. The fourth-order valence-corrected chi connectivity index (χ4v) is 3.97. The van der Waals surface area contributed by atoms with Crippen molar-refractivity contribution in [1.29, 1.82) is 0 Å². The zero-order valence-corrected chi connectivity index (χ0v) is 14.3. The van der Waals surface area contributed by atoms with Crippen molar-refractivity contribution in [1.82, 2.24) is 10.2 Å². The minimum absolute atomic E-state index is 0.168. The summed E-state index contributed by atoms with van der Waals surface area (Å²) < 4.78 is 1.99. The van der Waals surface area contributed by atoms with Gasteiger partial charge in [0.05, 0.1) is 5.56 Å². The summed E-state index contributed by atoms with van der Waals surface area (Å²) >= 11 is 5.68. The number of fused-ring (bicyclic) bond motifs is 1. The van der Waals surface area contributed by atoms with Crippen LogP contribution in [-0.2, 0) is 0 Å². The molecular formula is C14H16BrIN2O. The Hall–Kier alpha value is -0.140. The number of hydrogen-bond donors (Lipinski definition) is 1. The molecule has 1 aromatic rings. The molecule has 2 fully saturated rings. The maximum atomic E-state index is 12.6. The van der Waals surface area contributed by atoms with Gasteiger partial charge in [0.25, 0.3) is 5.91 Å². The minimum Gasteiger partial charge on any atom is -0.337 e. The highest BCUT2D eigenvalue weighted by Crippen LogP contribution is 2.27. The van der Waals surface area contributed by atoms with Gasteiger partial charge in [-0.3, -0.25) is 4.79 Å². The number of piperidine rings is 1. The Bertz CT molecular complexity index is 494. The molecule has 0 aliphatic carbocycles. The lowest BCUT2D eigenvalue weighted by molar-refractivity contribution is 0.0784. The first-order chi connectivity index (χ1) is 9.15. The molecule has 3 nitrogen and oxygen atoms in total. The first kappa shape index (κ1) is 13.8. The van der Waals surface area contributed by atoms with Crippen LogP contribution in [0.4, 0.5) is 0 Å². The van der Waals surface area contributed by atoms with Gasteiger partial charge in [-0.25, -0.2) is 0 Å². The molecule has 0 radical (unpaired) electrons. The second kappa shape index (κ2) is 5.69.